The molecule has 0 amide bonds. The van der Waals surface area contributed by atoms with Gasteiger partial charge in [-0.15, -0.1) is 0 Å². The number of halogens is 2. The zero-order chi connectivity index (χ0) is 14.3. The molecule has 7 heteroatoms. The van der Waals surface area contributed by atoms with Gasteiger partial charge in [-0.1, -0.05) is 19.3 Å². The molecule has 0 N–H and O–H groups in total. The van der Waals surface area contributed by atoms with Gasteiger partial charge in [-0.3, -0.25) is 9.00 Å². The van der Waals surface area contributed by atoms with Gasteiger partial charge < -0.3 is 9.29 Å². The maximum absolute atomic E-state index is 12.7. The van der Waals surface area contributed by atoms with E-state index in [4.69, 9.17) is 4.74 Å². The Morgan fingerprint density at radius 3 is 2.47 bits per heavy atom. The second-order valence-electron chi connectivity index (χ2n) is 4.83. The average Bonchev–Trinajstić information content (AvgIpc) is 2.38. The molecule has 1 atom stereocenters. The van der Waals surface area contributed by atoms with Crippen LogP contribution in [0, 0.1) is 5.92 Å². The molecule has 0 aromatic heterocycles. The molecular weight excluding hydrogens is 278 g/mol. The Morgan fingerprint density at radius 2 is 1.89 bits per heavy atom. The van der Waals surface area contributed by atoms with Crippen LogP contribution in [0.4, 0.5) is 8.78 Å². The van der Waals surface area contributed by atoms with E-state index in [0.29, 0.717) is 0 Å². The van der Waals surface area contributed by atoms with E-state index in [2.05, 4.69) is 0 Å². The molecule has 1 saturated carbocycles. The van der Waals surface area contributed by atoms with E-state index in [0.717, 1.165) is 32.1 Å². The van der Waals surface area contributed by atoms with Crippen LogP contribution in [0.1, 0.15) is 51.4 Å². The van der Waals surface area contributed by atoms with Crippen molar-refractivity contribution in [3.63, 3.8) is 0 Å². The Hall–Kier alpha value is -0.560. The third-order valence-electron chi connectivity index (χ3n) is 3.29. The lowest BCUT2D eigenvalue weighted by Crippen LogP contribution is -2.23. The normalized spacial score (nSPS) is 19.1. The maximum atomic E-state index is 12.7. The number of rotatable bonds is 7. The first-order valence-electron chi connectivity index (χ1n) is 6.57. The molecule has 1 unspecified atom stereocenters. The fourth-order valence-corrected chi connectivity index (χ4v) is 2.46. The Morgan fingerprint density at radius 1 is 1.26 bits per heavy atom. The van der Waals surface area contributed by atoms with Crippen molar-refractivity contribution in [2.45, 2.75) is 56.6 Å². The lowest BCUT2D eigenvalue weighted by atomic mass is 9.89. The highest BCUT2D eigenvalue weighted by Gasteiger charge is 2.29. The van der Waals surface area contributed by atoms with E-state index >= 15 is 0 Å². The monoisotopic (exact) mass is 297 g/mol. The van der Waals surface area contributed by atoms with Crippen LogP contribution in [0.3, 0.4) is 0 Å². The molecule has 19 heavy (non-hydrogen) atoms. The van der Waals surface area contributed by atoms with E-state index in [-0.39, 0.29) is 31.3 Å². The maximum Gasteiger partial charge on any atom is 0.309 e. The van der Waals surface area contributed by atoms with Crippen LogP contribution < -0.4 is 0 Å². The summed E-state index contributed by atoms with van der Waals surface area (Å²) in [6, 6.07) is 0. The summed E-state index contributed by atoms with van der Waals surface area (Å²) >= 11 is -3.39. The van der Waals surface area contributed by atoms with Gasteiger partial charge in [-0.2, -0.15) is 8.78 Å². The van der Waals surface area contributed by atoms with E-state index < -0.39 is 22.8 Å². The van der Waals surface area contributed by atoms with Crippen LogP contribution in [0.5, 0.6) is 0 Å². The Labute approximate surface area is 114 Å². The minimum absolute atomic E-state index is 0.0128. The third-order valence-corrected chi connectivity index (χ3v) is 3.98. The Bertz CT molecular complexity index is 317. The minimum Gasteiger partial charge on any atom is -0.768 e. The third kappa shape index (κ3) is 5.95. The summed E-state index contributed by atoms with van der Waals surface area (Å²) in [5.41, 5.74) is 0. The summed E-state index contributed by atoms with van der Waals surface area (Å²) in [6.07, 6.45) is 4.42. The SMILES string of the molecule is O=C(OCCCCC(F)(F)S(=O)[O-])C1CCCCC1. The molecule has 0 aromatic carbocycles. The molecule has 0 spiro atoms. The van der Waals surface area contributed by atoms with Gasteiger partial charge in [0.05, 0.1) is 12.5 Å². The molecule has 1 aliphatic carbocycles. The van der Waals surface area contributed by atoms with Crippen molar-refractivity contribution in [3.8, 4) is 0 Å². The van der Waals surface area contributed by atoms with E-state index in [1.807, 2.05) is 0 Å². The fourth-order valence-electron chi connectivity index (χ4n) is 2.15. The second kappa shape index (κ2) is 7.89. The van der Waals surface area contributed by atoms with Crippen molar-refractivity contribution < 1.29 is 27.1 Å². The van der Waals surface area contributed by atoms with Crippen LogP contribution in [-0.2, 0) is 20.6 Å². The number of unbranched alkanes of at least 4 members (excludes halogenated alkanes) is 1. The first kappa shape index (κ1) is 16.5. The van der Waals surface area contributed by atoms with Crippen molar-refractivity contribution in [1.82, 2.24) is 0 Å². The molecule has 1 aliphatic rings. The largest absolute Gasteiger partial charge is 0.768 e. The summed E-state index contributed by atoms with van der Waals surface area (Å²) in [4.78, 5) is 11.6. The number of alkyl halides is 2. The molecule has 0 aromatic rings. The van der Waals surface area contributed by atoms with Crippen LogP contribution in [-0.4, -0.2) is 26.6 Å². The molecule has 0 bridgehead atoms. The summed E-state index contributed by atoms with van der Waals surface area (Å²) in [5.74, 6) is -0.303. The molecule has 0 heterocycles. The predicted molar refractivity (Wildman–Crippen MR) is 65.3 cm³/mol. The van der Waals surface area contributed by atoms with Crippen LogP contribution in [0.15, 0.2) is 0 Å². The molecule has 112 valence electrons. The van der Waals surface area contributed by atoms with Gasteiger partial charge in [-0.05, 0) is 25.7 Å². The van der Waals surface area contributed by atoms with Crippen molar-refractivity contribution >= 4 is 17.0 Å². The highest BCUT2D eigenvalue weighted by molar-refractivity contribution is 7.80. The average molecular weight is 297 g/mol. The minimum atomic E-state index is -3.69. The zero-order valence-electron chi connectivity index (χ0n) is 10.7. The van der Waals surface area contributed by atoms with Gasteiger partial charge in [0.1, 0.15) is 0 Å². The van der Waals surface area contributed by atoms with Crippen LogP contribution in [0.25, 0.3) is 0 Å². The summed E-state index contributed by atoms with van der Waals surface area (Å²) in [6.45, 7) is 0.0803. The number of esters is 1. The molecule has 1 fully saturated rings. The van der Waals surface area contributed by atoms with Crippen molar-refractivity contribution in [3.05, 3.63) is 0 Å². The number of hydrogen-bond donors (Lipinski definition) is 0. The lowest BCUT2D eigenvalue weighted by molar-refractivity contribution is -0.149. The van der Waals surface area contributed by atoms with Crippen molar-refractivity contribution in [1.29, 1.82) is 0 Å². The Balaban J connectivity index is 2.10. The number of carbonyl (C=O) groups excluding carboxylic acids is 1. The molecule has 1 rings (SSSR count). The highest BCUT2D eigenvalue weighted by atomic mass is 32.2. The number of ether oxygens (including phenoxy) is 1. The first-order valence-corrected chi connectivity index (χ1v) is 7.65. The van der Waals surface area contributed by atoms with Gasteiger partial charge >= 0.3 is 11.2 Å². The van der Waals surface area contributed by atoms with E-state index in [1.54, 1.807) is 0 Å². The standard InChI is InChI=1S/C12H20F2O4S/c13-12(14,19(16)17)8-4-5-9-18-11(15)10-6-2-1-3-7-10/h10H,1-9H2,(H,16,17)/p-1. The fraction of sp³-hybridized carbons (Fsp3) is 0.917. The van der Waals surface area contributed by atoms with Gasteiger partial charge in [0.25, 0.3) is 0 Å². The van der Waals surface area contributed by atoms with Crippen LogP contribution in [0.2, 0.25) is 0 Å². The number of hydrogen-bond acceptors (Lipinski definition) is 4. The molecule has 4 nitrogen and oxygen atoms in total. The van der Waals surface area contributed by atoms with Crippen molar-refractivity contribution in [2.75, 3.05) is 6.61 Å². The smallest absolute Gasteiger partial charge is 0.309 e. The van der Waals surface area contributed by atoms with Crippen molar-refractivity contribution in [2.24, 2.45) is 5.92 Å². The Kier molecular flexibility index (Phi) is 6.85. The van der Waals surface area contributed by atoms with Gasteiger partial charge in [0.15, 0.2) is 0 Å². The highest BCUT2D eigenvalue weighted by Crippen LogP contribution is 2.26. The summed E-state index contributed by atoms with van der Waals surface area (Å²) < 4.78 is 50.8. The summed E-state index contributed by atoms with van der Waals surface area (Å²) in [7, 11) is 0. The molecular formula is C12H19F2O4S-. The summed E-state index contributed by atoms with van der Waals surface area (Å²) in [5, 5.41) is -3.69. The quantitative estimate of drug-likeness (QED) is 0.412. The molecule has 0 saturated heterocycles. The molecule has 0 aliphatic heterocycles. The van der Waals surface area contributed by atoms with Gasteiger partial charge in [0, 0.05) is 17.5 Å². The van der Waals surface area contributed by atoms with Crippen LogP contribution >= 0.6 is 0 Å². The topological polar surface area (TPSA) is 66.4 Å². The molecule has 0 radical (unpaired) electrons. The number of carbonyl (C=O) groups is 1. The van der Waals surface area contributed by atoms with E-state index in [9.17, 15) is 22.3 Å². The van der Waals surface area contributed by atoms with E-state index in [1.165, 1.54) is 0 Å². The second-order valence-corrected chi connectivity index (χ2v) is 5.90. The lowest BCUT2D eigenvalue weighted by Gasteiger charge is -2.20. The zero-order valence-corrected chi connectivity index (χ0v) is 11.6. The van der Waals surface area contributed by atoms with Gasteiger partial charge in [-0.25, -0.2) is 0 Å². The predicted octanol–water partition coefficient (Wildman–Crippen LogP) is 2.75. The van der Waals surface area contributed by atoms with Gasteiger partial charge in [0.2, 0.25) is 0 Å². The first-order chi connectivity index (χ1) is 8.93.